The molecule has 0 saturated heterocycles. The molecular formula is C29H26N2O5S2. The molecule has 9 heteroatoms. The quantitative estimate of drug-likeness (QED) is 0.234. The third kappa shape index (κ3) is 5.55. The van der Waals surface area contributed by atoms with Crippen LogP contribution >= 0.6 is 22.7 Å². The number of thiophene rings is 1. The summed E-state index contributed by atoms with van der Waals surface area (Å²) in [5.41, 5.74) is 2.66. The minimum atomic E-state index is -0.600. The smallest absolute Gasteiger partial charge is 0.338 e. The molecule has 0 bridgehead atoms. The van der Waals surface area contributed by atoms with Crippen LogP contribution in [0.15, 0.2) is 93.2 Å². The molecule has 4 aromatic rings. The monoisotopic (exact) mass is 546 g/mol. The first kappa shape index (κ1) is 25.8. The Morgan fingerprint density at radius 1 is 1.05 bits per heavy atom. The standard InChI is InChI=1S/C29H26N2O5S2/c1-19-25(28(33)35-15-14-34-2)26(23-9-6-16-37-23)31-27(32)24(38-29(31)30-19)17-20-10-12-22(13-11-20)36-18-21-7-4-3-5-8-21/h3-13,16-17,26H,14-15,18H2,1-2H3/b24-17-/t26-/m0/s1. The van der Waals surface area contributed by atoms with E-state index in [1.54, 1.807) is 18.6 Å². The van der Waals surface area contributed by atoms with Gasteiger partial charge in [0.25, 0.3) is 5.56 Å². The van der Waals surface area contributed by atoms with E-state index in [9.17, 15) is 9.59 Å². The van der Waals surface area contributed by atoms with Gasteiger partial charge in [0, 0.05) is 12.0 Å². The van der Waals surface area contributed by atoms with E-state index in [1.807, 2.05) is 78.2 Å². The molecule has 2 aromatic carbocycles. The number of rotatable bonds is 9. The van der Waals surface area contributed by atoms with Gasteiger partial charge in [0.2, 0.25) is 0 Å². The maximum atomic E-state index is 13.7. The van der Waals surface area contributed by atoms with Crippen molar-refractivity contribution >= 4 is 34.7 Å². The molecule has 0 amide bonds. The van der Waals surface area contributed by atoms with Gasteiger partial charge in [-0.05, 0) is 47.7 Å². The van der Waals surface area contributed by atoms with Crippen LogP contribution < -0.4 is 19.6 Å². The first-order chi connectivity index (χ1) is 18.5. The highest BCUT2D eigenvalue weighted by atomic mass is 32.1. The zero-order chi connectivity index (χ0) is 26.5. The van der Waals surface area contributed by atoms with E-state index in [1.165, 1.54) is 22.7 Å². The van der Waals surface area contributed by atoms with Crippen LogP contribution in [-0.4, -0.2) is 30.9 Å². The highest BCUT2D eigenvalue weighted by molar-refractivity contribution is 7.10. The van der Waals surface area contributed by atoms with Gasteiger partial charge in [0.1, 0.15) is 25.0 Å². The molecular weight excluding hydrogens is 520 g/mol. The van der Waals surface area contributed by atoms with Crippen molar-refractivity contribution in [3.8, 4) is 5.75 Å². The summed E-state index contributed by atoms with van der Waals surface area (Å²) in [4.78, 5) is 32.7. The lowest BCUT2D eigenvalue weighted by atomic mass is 10.0. The Balaban J connectivity index is 1.45. The molecule has 0 fully saturated rings. The average Bonchev–Trinajstić information content (AvgIpc) is 3.57. The lowest BCUT2D eigenvalue weighted by molar-refractivity contribution is -0.140. The van der Waals surface area contributed by atoms with Crippen LogP contribution in [0.3, 0.4) is 0 Å². The van der Waals surface area contributed by atoms with E-state index >= 15 is 0 Å². The van der Waals surface area contributed by atoms with Crippen molar-refractivity contribution in [1.29, 1.82) is 0 Å². The number of ether oxygens (including phenoxy) is 3. The van der Waals surface area contributed by atoms with E-state index < -0.39 is 12.0 Å². The Morgan fingerprint density at radius 3 is 2.55 bits per heavy atom. The summed E-state index contributed by atoms with van der Waals surface area (Å²) in [6.07, 6.45) is 1.84. The second kappa shape index (κ2) is 11.7. The third-order valence-corrected chi connectivity index (χ3v) is 7.91. The molecule has 0 N–H and O–H groups in total. The molecule has 7 nitrogen and oxygen atoms in total. The number of carbonyl (C=O) groups is 1. The van der Waals surface area contributed by atoms with Crippen LogP contribution in [0.4, 0.5) is 0 Å². The van der Waals surface area contributed by atoms with Gasteiger partial charge < -0.3 is 14.2 Å². The van der Waals surface area contributed by atoms with Crippen molar-refractivity contribution in [2.24, 2.45) is 4.99 Å². The summed E-state index contributed by atoms with van der Waals surface area (Å²) in [6, 6.07) is 20.8. The maximum absolute atomic E-state index is 13.7. The number of carbonyl (C=O) groups excluding carboxylic acids is 1. The molecule has 38 heavy (non-hydrogen) atoms. The summed E-state index contributed by atoms with van der Waals surface area (Å²) >= 11 is 2.79. The van der Waals surface area contributed by atoms with Gasteiger partial charge in [-0.2, -0.15) is 0 Å². The zero-order valence-corrected chi connectivity index (χ0v) is 22.6. The number of aromatic nitrogens is 1. The van der Waals surface area contributed by atoms with E-state index in [0.717, 1.165) is 21.8 Å². The Hall–Kier alpha value is -3.79. The van der Waals surface area contributed by atoms with Crippen molar-refractivity contribution in [3.63, 3.8) is 0 Å². The number of esters is 1. The van der Waals surface area contributed by atoms with Crippen molar-refractivity contribution in [2.45, 2.75) is 19.6 Å². The fraction of sp³-hybridized carbons (Fsp3) is 0.207. The molecule has 0 radical (unpaired) electrons. The Bertz CT molecular complexity index is 1620. The fourth-order valence-corrected chi connectivity index (χ4v) is 6.02. The second-order valence-electron chi connectivity index (χ2n) is 8.57. The normalized spacial score (nSPS) is 15.2. The van der Waals surface area contributed by atoms with E-state index in [2.05, 4.69) is 4.99 Å². The van der Waals surface area contributed by atoms with E-state index in [4.69, 9.17) is 14.2 Å². The summed E-state index contributed by atoms with van der Waals surface area (Å²) in [5, 5.41) is 1.93. The molecule has 1 aliphatic heterocycles. The highest BCUT2D eigenvalue weighted by Gasteiger charge is 2.34. The lowest BCUT2D eigenvalue weighted by Gasteiger charge is -2.23. The number of benzene rings is 2. The lowest BCUT2D eigenvalue weighted by Crippen LogP contribution is -2.39. The summed E-state index contributed by atoms with van der Waals surface area (Å²) < 4.78 is 18.4. The van der Waals surface area contributed by atoms with Crippen molar-refractivity contribution < 1.29 is 19.0 Å². The Morgan fingerprint density at radius 2 is 1.84 bits per heavy atom. The molecule has 2 aromatic heterocycles. The predicted octanol–water partition coefficient (Wildman–Crippen LogP) is 4.07. The SMILES string of the molecule is COCCOC(=O)C1=C(C)N=c2s/c(=C\c3ccc(OCc4ccccc4)cc3)c(=O)n2[C@H]1c1cccs1. The number of allylic oxidation sites excluding steroid dienone is 1. The van der Waals surface area contributed by atoms with E-state index in [0.29, 0.717) is 27.2 Å². The Kier molecular flexibility index (Phi) is 7.97. The van der Waals surface area contributed by atoms with E-state index in [-0.39, 0.29) is 18.8 Å². The van der Waals surface area contributed by atoms with Crippen LogP contribution in [0.1, 0.15) is 29.0 Å². The first-order valence-corrected chi connectivity index (χ1v) is 13.7. The molecule has 5 rings (SSSR count). The first-order valence-electron chi connectivity index (χ1n) is 12.0. The van der Waals surface area contributed by atoms with Crippen LogP contribution in [0, 0.1) is 0 Å². The highest BCUT2D eigenvalue weighted by Crippen LogP contribution is 2.33. The summed E-state index contributed by atoms with van der Waals surface area (Å²) in [7, 11) is 1.54. The predicted molar refractivity (Wildman–Crippen MR) is 148 cm³/mol. The number of hydrogen-bond donors (Lipinski definition) is 0. The van der Waals surface area contributed by atoms with Gasteiger partial charge in [0.05, 0.1) is 22.4 Å². The minimum absolute atomic E-state index is 0.124. The summed E-state index contributed by atoms with van der Waals surface area (Å²) in [5.74, 6) is 0.250. The number of thiazole rings is 1. The number of hydrogen-bond acceptors (Lipinski definition) is 8. The van der Waals surface area contributed by atoms with Crippen LogP contribution in [-0.2, 0) is 20.9 Å². The van der Waals surface area contributed by atoms with Gasteiger partial charge in [-0.1, -0.05) is 59.9 Å². The zero-order valence-electron chi connectivity index (χ0n) is 21.0. The molecule has 1 atom stereocenters. The molecule has 3 heterocycles. The fourth-order valence-electron chi connectivity index (χ4n) is 4.15. The third-order valence-electron chi connectivity index (χ3n) is 6.00. The van der Waals surface area contributed by atoms with Crippen molar-refractivity contribution in [3.05, 3.63) is 119 Å². The van der Waals surface area contributed by atoms with Gasteiger partial charge in [0.15, 0.2) is 4.80 Å². The van der Waals surface area contributed by atoms with Crippen LogP contribution in [0.25, 0.3) is 6.08 Å². The topological polar surface area (TPSA) is 79.1 Å². The Labute approximate surface area is 227 Å². The molecule has 194 valence electrons. The maximum Gasteiger partial charge on any atom is 0.338 e. The average molecular weight is 547 g/mol. The van der Waals surface area contributed by atoms with Gasteiger partial charge in [-0.15, -0.1) is 11.3 Å². The van der Waals surface area contributed by atoms with Crippen LogP contribution in [0.2, 0.25) is 0 Å². The summed E-state index contributed by atoms with van der Waals surface area (Å²) in [6.45, 7) is 2.67. The van der Waals surface area contributed by atoms with Crippen molar-refractivity contribution in [1.82, 2.24) is 4.57 Å². The molecule has 0 spiro atoms. The van der Waals surface area contributed by atoms with Crippen LogP contribution in [0.5, 0.6) is 5.75 Å². The van der Waals surface area contributed by atoms with Gasteiger partial charge in [-0.25, -0.2) is 9.79 Å². The number of fused-ring (bicyclic) bond motifs is 1. The molecule has 1 aliphatic rings. The number of methoxy groups -OCH3 is 1. The van der Waals surface area contributed by atoms with Crippen molar-refractivity contribution in [2.75, 3.05) is 20.3 Å². The second-order valence-corrected chi connectivity index (χ2v) is 10.6. The minimum Gasteiger partial charge on any atom is -0.489 e. The molecule has 0 unspecified atom stereocenters. The largest absolute Gasteiger partial charge is 0.489 e. The molecule has 0 aliphatic carbocycles. The van der Waals surface area contributed by atoms with Gasteiger partial charge in [-0.3, -0.25) is 9.36 Å². The number of nitrogens with zero attached hydrogens (tertiary/aromatic N) is 2. The molecule has 0 saturated carbocycles. The van der Waals surface area contributed by atoms with Gasteiger partial charge >= 0.3 is 5.97 Å².